The van der Waals surface area contributed by atoms with Crippen LogP contribution in [0.25, 0.3) is 0 Å². The van der Waals surface area contributed by atoms with Crippen molar-refractivity contribution in [3.05, 3.63) is 28.8 Å². The van der Waals surface area contributed by atoms with Gasteiger partial charge in [-0.05, 0) is 19.1 Å². The van der Waals surface area contributed by atoms with Crippen LogP contribution in [0.1, 0.15) is 12.5 Å². The van der Waals surface area contributed by atoms with Crippen molar-refractivity contribution in [2.24, 2.45) is 5.73 Å². The number of hydrogen-bond acceptors (Lipinski definition) is 3. The Morgan fingerprint density at radius 2 is 2.31 bits per heavy atom. The van der Waals surface area contributed by atoms with Gasteiger partial charge in [0.25, 0.3) is 0 Å². The summed E-state index contributed by atoms with van der Waals surface area (Å²) >= 11 is 5.82. The van der Waals surface area contributed by atoms with Gasteiger partial charge >= 0.3 is 0 Å². The maximum Gasteiger partial charge on any atom is 0.236 e. The molecule has 0 aliphatic rings. The number of methoxy groups -OCH3 is 1. The molecule has 0 saturated carbocycles. The Balaban J connectivity index is 2.70. The fourth-order valence-electron chi connectivity index (χ4n) is 1.21. The molecule has 1 atom stereocenters. The molecule has 0 radical (unpaired) electrons. The highest BCUT2D eigenvalue weighted by Gasteiger charge is 2.09. The highest BCUT2D eigenvalue weighted by atomic mass is 35.5. The zero-order valence-electron chi connectivity index (χ0n) is 9.29. The van der Waals surface area contributed by atoms with E-state index < -0.39 is 6.04 Å². The number of hydrogen-bond donors (Lipinski definition) is 2. The van der Waals surface area contributed by atoms with E-state index in [-0.39, 0.29) is 5.91 Å². The number of ether oxygens (including phenoxy) is 1. The van der Waals surface area contributed by atoms with Crippen LogP contribution in [0.15, 0.2) is 18.2 Å². The molecule has 0 heterocycles. The first-order chi connectivity index (χ1) is 7.54. The number of rotatable bonds is 4. The number of nitrogens with two attached hydrogens (primary N) is 1. The second-order valence-electron chi connectivity index (χ2n) is 3.46. The molecule has 0 aliphatic heterocycles. The normalized spacial score (nSPS) is 12.0. The lowest BCUT2D eigenvalue weighted by molar-refractivity contribution is -0.122. The molecule has 1 aromatic rings. The van der Waals surface area contributed by atoms with Crippen molar-refractivity contribution >= 4 is 17.5 Å². The monoisotopic (exact) mass is 242 g/mol. The predicted octanol–water partition coefficient (Wildman–Crippen LogP) is 1.31. The molecule has 88 valence electrons. The molecule has 3 N–H and O–H groups in total. The predicted molar refractivity (Wildman–Crippen MR) is 63.5 cm³/mol. The van der Waals surface area contributed by atoms with Gasteiger partial charge in [-0.2, -0.15) is 0 Å². The minimum Gasteiger partial charge on any atom is -0.496 e. The molecular weight excluding hydrogens is 228 g/mol. The molecule has 0 spiro atoms. The minimum atomic E-state index is -0.515. The number of carbonyl (C=O) groups excluding carboxylic acids is 1. The van der Waals surface area contributed by atoms with Crippen LogP contribution in [0.4, 0.5) is 0 Å². The van der Waals surface area contributed by atoms with Crippen LogP contribution >= 0.6 is 11.6 Å². The standard InChI is InChI=1S/C11H15ClN2O2/c1-7(13)11(15)14-6-8-3-4-9(12)5-10(8)16-2/h3-5,7H,6,13H2,1-2H3,(H,14,15)/t7-/m1/s1. The smallest absolute Gasteiger partial charge is 0.236 e. The lowest BCUT2D eigenvalue weighted by Crippen LogP contribution is -2.37. The summed E-state index contributed by atoms with van der Waals surface area (Å²) in [7, 11) is 1.56. The fraction of sp³-hybridized carbons (Fsp3) is 0.364. The number of amides is 1. The van der Waals surface area contributed by atoms with Gasteiger partial charge in [0.1, 0.15) is 5.75 Å². The molecule has 1 aromatic carbocycles. The van der Waals surface area contributed by atoms with E-state index >= 15 is 0 Å². The van der Waals surface area contributed by atoms with Crippen LogP contribution in [-0.4, -0.2) is 19.1 Å². The molecule has 5 heteroatoms. The van der Waals surface area contributed by atoms with E-state index in [1.54, 1.807) is 26.2 Å². The van der Waals surface area contributed by atoms with Gasteiger partial charge in [-0.15, -0.1) is 0 Å². The highest BCUT2D eigenvalue weighted by Crippen LogP contribution is 2.22. The van der Waals surface area contributed by atoms with Crippen molar-refractivity contribution in [1.29, 1.82) is 0 Å². The Morgan fingerprint density at radius 3 is 2.88 bits per heavy atom. The van der Waals surface area contributed by atoms with Crippen molar-refractivity contribution in [3.8, 4) is 5.75 Å². The molecule has 0 aliphatic carbocycles. The summed E-state index contributed by atoms with van der Waals surface area (Å²) < 4.78 is 5.15. The fourth-order valence-corrected chi connectivity index (χ4v) is 1.37. The summed E-state index contributed by atoms with van der Waals surface area (Å²) in [5, 5.41) is 3.30. The van der Waals surface area contributed by atoms with E-state index in [4.69, 9.17) is 22.1 Å². The summed E-state index contributed by atoms with van der Waals surface area (Å²) in [4.78, 5) is 11.3. The number of nitrogens with one attached hydrogen (secondary N) is 1. The van der Waals surface area contributed by atoms with E-state index in [1.807, 2.05) is 6.07 Å². The van der Waals surface area contributed by atoms with Crippen molar-refractivity contribution in [2.45, 2.75) is 19.5 Å². The van der Waals surface area contributed by atoms with Gasteiger partial charge in [0.15, 0.2) is 0 Å². The Kier molecular flexibility index (Phi) is 4.58. The molecule has 0 aromatic heterocycles. The van der Waals surface area contributed by atoms with E-state index in [1.165, 1.54) is 0 Å². The van der Waals surface area contributed by atoms with Crippen LogP contribution in [0.2, 0.25) is 5.02 Å². The van der Waals surface area contributed by atoms with Gasteiger partial charge < -0.3 is 15.8 Å². The molecule has 0 unspecified atom stereocenters. The Bertz CT molecular complexity index is 380. The summed E-state index contributed by atoms with van der Waals surface area (Å²) in [6, 6.07) is 4.74. The number of benzene rings is 1. The summed E-state index contributed by atoms with van der Waals surface area (Å²) in [6.07, 6.45) is 0. The van der Waals surface area contributed by atoms with Gasteiger partial charge in [-0.25, -0.2) is 0 Å². The maximum absolute atomic E-state index is 11.3. The summed E-state index contributed by atoms with van der Waals surface area (Å²) in [5.41, 5.74) is 6.29. The van der Waals surface area contributed by atoms with Crippen LogP contribution in [-0.2, 0) is 11.3 Å². The quantitative estimate of drug-likeness (QED) is 0.837. The van der Waals surface area contributed by atoms with Crippen molar-refractivity contribution in [1.82, 2.24) is 5.32 Å². The second kappa shape index (κ2) is 5.72. The molecule has 4 nitrogen and oxygen atoms in total. The van der Waals surface area contributed by atoms with Crippen LogP contribution in [0, 0.1) is 0 Å². The zero-order chi connectivity index (χ0) is 12.1. The Morgan fingerprint density at radius 1 is 1.62 bits per heavy atom. The van der Waals surface area contributed by atoms with Gasteiger partial charge in [-0.3, -0.25) is 4.79 Å². The second-order valence-corrected chi connectivity index (χ2v) is 3.90. The average molecular weight is 243 g/mol. The van der Waals surface area contributed by atoms with Crippen LogP contribution in [0.3, 0.4) is 0 Å². The van der Waals surface area contributed by atoms with Crippen molar-refractivity contribution in [3.63, 3.8) is 0 Å². The number of carbonyl (C=O) groups is 1. The molecule has 0 bridgehead atoms. The Hall–Kier alpha value is -1.26. The van der Waals surface area contributed by atoms with Crippen molar-refractivity contribution in [2.75, 3.05) is 7.11 Å². The van der Waals surface area contributed by atoms with Gasteiger partial charge in [0.05, 0.1) is 13.2 Å². The first-order valence-corrected chi connectivity index (χ1v) is 5.28. The van der Waals surface area contributed by atoms with Crippen molar-refractivity contribution < 1.29 is 9.53 Å². The number of halogens is 1. The maximum atomic E-state index is 11.3. The van der Waals surface area contributed by atoms with Crippen LogP contribution in [0.5, 0.6) is 5.75 Å². The minimum absolute atomic E-state index is 0.197. The SMILES string of the molecule is COc1cc(Cl)ccc1CNC(=O)[C@@H](C)N. The molecule has 1 amide bonds. The first-order valence-electron chi connectivity index (χ1n) is 4.90. The Labute approximate surface area is 99.7 Å². The molecular formula is C11H15ClN2O2. The van der Waals surface area contributed by atoms with E-state index in [2.05, 4.69) is 5.32 Å². The topological polar surface area (TPSA) is 64.3 Å². The van der Waals surface area contributed by atoms with E-state index in [9.17, 15) is 4.79 Å². The summed E-state index contributed by atoms with van der Waals surface area (Å²) in [6.45, 7) is 2.01. The molecule has 16 heavy (non-hydrogen) atoms. The molecule has 1 rings (SSSR count). The van der Waals surface area contributed by atoms with Gasteiger partial charge in [0, 0.05) is 17.1 Å². The third kappa shape index (κ3) is 3.40. The summed E-state index contributed by atoms with van der Waals surface area (Å²) in [5.74, 6) is 0.453. The van der Waals surface area contributed by atoms with E-state index in [0.717, 1.165) is 5.56 Å². The average Bonchev–Trinajstić information content (AvgIpc) is 2.26. The zero-order valence-corrected chi connectivity index (χ0v) is 10.0. The lowest BCUT2D eigenvalue weighted by Gasteiger charge is -2.11. The lowest BCUT2D eigenvalue weighted by atomic mass is 10.2. The van der Waals surface area contributed by atoms with Gasteiger partial charge in [0.2, 0.25) is 5.91 Å². The molecule has 0 saturated heterocycles. The highest BCUT2D eigenvalue weighted by molar-refractivity contribution is 6.30. The van der Waals surface area contributed by atoms with Gasteiger partial charge in [-0.1, -0.05) is 17.7 Å². The van der Waals surface area contributed by atoms with Crippen LogP contribution < -0.4 is 15.8 Å². The molecule has 0 fully saturated rings. The third-order valence-electron chi connectivity index (χ3n) is 2.12. The largest absolute Gasteiger partial charge is 0.496 e. The third-order valence-corrected chi connectivity index (χ3v) is 2.35. The first kappa shape index (κ1) is 12.8. The van der Waals surface area contributed by atoms with E-state index in [0.29, 0.717) is 17.3 Å².